The molecule has 0 aromatic carbocycles. The van der Waals surface area contributed by atoms with Crippen molar-refractivity contribution in [3.8, 4) is 0 Å². The number of hydrogen-bond acceptors (Lipinski definition) is 0. The highest BCUT2D eigenvalue weighted by atomic mass is 14.0. The minimum Gasteiger partial charge on any atom is -0.0991 e. The predicted molar refractivity (Wildman–Crippen MR) is 61.6 cm³/mol. The van der Waals surface area contributed by atoms with Gasteiger partial charge in [0.25, 0.3) is 0 Å². The van der Waals surface area contributed by atoms with E-state index in [2.05, 4.69) is 26.3 Å². The lowest BCUT2D eigenvalue weighted by Crippen LogP contribution is -1.80. The van der Waals surface area contributed by atoms with Crippen molar-refractivity contribution in [3.05, 3.63) is 73.9 Å². The lowest BCUT2D eigenvalue weighted by atomic mass is 10.1. The van der Waals surface area contributed by atoms with Crippen LogP contribution < -0.4 is 0 Å². The van der Waals surface area contributed by atoms with E-state index in [0.717, 1.165) is 17.6 Å². The van der Waals surface area contributed by atoms with Gasteiger partial charge in [-0.25, -0.2) is 0 Å². The van der Waals surface area contributed by atoms with E-state index in [0.29, 0.717) is 0 Å². The minimum absolute atomic E-state index is 0.812. The van der Waals surface area contributed by atoms with E-state index in [-0.39, 0.29) is 0 Å². The topological polar surface area (TPSA) is 0 Å². The molecule has 0 atom stereocenters. The molecule has 0 fully saturated rings. The summed E-state index contributed by atoms with van der Waals surface area (Å²) in [5.74, 6) is 0. The molecule has 0 nitrogen and oxygen atoms in total. The van der Waals surface area contributed by atoms with Crippen molar-refractivity contribution in [2.45, 2.75) is 6.42 Å². The third-order valence-electron chi connectivity index (χ3n) is 1.52. The molecule has 68 valence electrons. The fourth-order valence-electron chi connectivity index (χ4n) is 0.740. The van der Waals surface area contributed by atoms with Gasteiger partial charge in [0, 0.05) is 0 Å². The molecule has 0 aromatic heterocycles. The smallest absolute Gasteiger partial charge is 0.00945 e. The Labute approximate surface area is 81.0 Å². The van der Waals surface area contributed by atoms with Crippen LogP contribution in [0.5, 0.6) is 0 Å². The zero-order valence-corrected chi connectivity index (χ0v) is 8.00. The molecule has 0 unspecified atom stereocenters. The summed E-state index contributed by atoms with van der Waals surface area (Å²) in [5.41, 5.74) is 1.95. The Balaban J connectivity index is 4.04. The summed E-state index contributed by atoms with van der Waals surface area (Å²) in [6.45, 7) is 15.0. The first-order valence-electron chi connectivity index (χ1n) is 4.16. The highest BCUT2D eigenvalue weighted by molar-refractivity contribution is 5.37. The second-order valence-electron chi connectivity index (χ2n) is 2.59. The molecule has 0 bridgehead atoms. The van der Waals surface area contributed by atoms with Crippen molar-refractivity contribution in [2.75, 3.05) is 0 Å². The molecule has 13 heavy (non-hydrogen) atoms. The van der Waals surface area contributed by atoms with Gasteiger partial charge in [0.15, 0.2) is 0 Å². The summed E-state index contributed by atoms with van der Waals surface area (Å²) in [4.78, 5) is 0. The molecule has 0 rings (SSSR count). The zero-order chi connectivity index (χ0) is 10.1. The van der Waals surface area contributed by atoms with Gasteiger partial charge in [0.05, 0.1) is 0 Å². The Hall–Kier alpha value is -1.56. The van der Waals surface area contributed by atoms with Crippen LogP contribution in [0, 0.1) is 0 Å². The molecule has 0 saturated carbocycles. The second kappa shape index (κ2) is 7.11. The van der Waals surface area contributed by atoms with E-state index in [9.17, 15) is 0 Å². The van der Waals surface area contributed by atoms with Gasteiger partial charge in [-0.3, -0.25) is 0 Å². The quantitative estimate of drug-likeness (QED) is 0.532. The molecule has 0 radical (unpaired) electrons. The summed E-state index contributed by atoms with van der Waals surface area (Å²) in [5, 5.41) is 0. The maximum Gasteiger partial charge on any atom is -0.00945 e. The minimum atomic E-state index is 0.812. The van der Waals surface area contributed by atoms with Crippen molar-refractivity contribution in [1.82, 2.24) is 0 Å². The lowest BCUT2D eigenvalue weighted by molar-refractivity contribution is 1.26. The Kier molecular flexibility index (Phi) is 6.26. The van der Waals surface area contributed by atoms with E-state index in [1.54, 1.807) is 12.2 Å². The maximum absolute atomic E-state index is 3.91. The maximum atomic E-state index is 3.91. The molecule has 0 aliphatic carbocycles. The summed E-state index contributed by atoms with van der Waals surface area (Å²) in [6.07, 6.45) is 11.9. The SMILES string of the molecule is C=CC=CCC(=C)C(=C)/C=C\C=C. The summed E-state index contributed by atoms with van der Waals surface area (Å²) in [7, 11) is 0. The highest BCUT2D eigenvalue weighted by Gasteiger charge is 1.91. The average Bonchev–Trinajstić information content (AvgIpc) is 2.14. The van der Waals surface area contributed by atoms with Gasteiger partial charge in [0.2, 0.25) is 0 Å². The van der Waals surface area contributed by atoms with Crippen molar-refractivity contribution in [1.29, 1.82) is 0 Å². The van der Waals surface area contributed by atoms with E-state index in [1.807, 2.05) is 24.3 Å². The molecule has 0 N–H and O–H groups in total. The second-order valence-corrected chi connectivity index (χ2v) is 2.59. The van der Waals surface area contributed by atoms with Gasteiger partial charge in [-0.2, -0.15) is 0 Å². The van der Waals surface area contributed by atoms with Gasteiger partial charge in [-0.15, -0.1) is 0 Å². The van der Waals surface area contributed by atoms with Gasteiger partial charge >= 0.3 is 0 Å². The molecule has 0 aliphatic rings. The largest absolute Gasteiger partial charge is 0.0991 e. The van der Waals surface area contributed by atoms with E-state index < -0.39 is 0 Å². The van der Waals surface area contributed by atoms with Gasteiger partial charge in [0.1, 0.15) is 0 Å². The number of hydrogen-bond donors (Lipinski definition) is 0. The molecule has 0 spiro atoms. The fourth-order valence-corrected chi connectivity index (χ4v) is 0.740. The highest BCUT2D eigenvalue weighted by Crippen LogP contribution is 2.11. The molecular weight excluding hydrogens is 156 g/mol. The Morgan fingerprint density at radius 1 is 1.00 bits per heavy atom. The van der Waals surface area contributed by atoms with Crippen LogP contribution >= 0.6 is 0 Å². The first-order chi connectivity index (χ1) is 6.22. The van der Waals surface area contributed by atoms with Crippen LogP contribution in [0.4, 0.5) is 0 Å². The molecular formula is C13H16. The first-order valence-corrected chi connectivity index (χ1v) is 4.16. The first kappa shape index (κ1) is 11.4. The predicted octanol–water partition coefficient (Wildman–Crippen LogP) is 3.97. The Morgan fingerprint density at radius 2 is 1.62 bits per heavy atom. The third kappa shape index (κ3) is 5.68. The van der Waals surface area contributed by atoms with Crippen molar-refractivity contribution >= 4 is 0 Å². The van der Waals surface area contributed by atoms with Crippen molar-refractivity contribution in [2.24, 2.45) is 0 Å². The normalized spacial score (nSPS) is 10.5. The average molecular weight is 172 g/mol. The summed E-state index contributed by atoms with van der Waals surface area (Å²) in [6, 6.07) is 0. The van der Waals surface area contributed by atoms with E-state index in [1.165, 1.54) is 0 Å². The zero-order valence-electron chi connectivity index (χ0n) is 8.00. The van der Waals surface area contributed by atoms with Crippen LogP contribution in [0.1, 0.15) is 6.42 Å². The molecule has 0 aliphatic heterocycles. The molecule has 0 amide bonds. The molecule has 0 saturated heterocycles. The molecule has 0 heteroatoms. The van der Waals surface area contributed by atoms with Crippen LogP contribution in [0.2, 0.25) is 0 Å². The van der Waals surface area contributed by atoms with Crippen LogP contribution in [-0.2, 0) is 0 Å². The number of rotatable bonds is 6. The Morgan fingerprint density at radius 3 is 2.15 bits per heavy atom. The van der Waals surface area contributed by atoms with E-state index in [4.69, 9.17) is 0 Å². The number of allylic oxidation sites excluding steroid dienone is 8. The van der Waals surface area contributed by atoms with Crippen LogP contribution in [-0.4, -0.2) is 0 Å². The van der Waals surface area contributed by atoms with Gasteiger partial charge < -0.3 is 0 Å². The van der Waals surface area contributed by atoms with Crippen LogP contribution in [0.3, 0.4) is 0 Å². The monoisotopic (exact) mass is 172 g/mol. The standard InChI is InChI=1S/C13H16/c1-5-7-9-11-13(4)12(3)10-8-6-2/h5-10H,1-4,11H2/b9-7?,10-8-. The van der Waals surface area contributed by atoms with Crippen molar-refractivity contribution < 1.29 is 0 Å². The Bertz CT molecular complexity index is 262. The summed E-state index contributed by atoms with van der Waals surface area (Å²) < 4.78 is 0. The molecule has 0 aromatic rings. The van der Waals surface area contributed by atoms with Crippen molar-refractivity contribution in [3.63, 3.8) is 0 Å². The van der Waals surface area contributed by atoms with Crippen LogP contribution in [0.15, 0.2) is 73.9 Å². The van der Waals surface area contributed by atoms with Gasteiger partial charge in [-0.1, -0.05) is 62.8 Å². The van der Waals surface area contributed by atoms with E-state index >= 15 is 0 Å². The summed E-state index contributed by atoms with van der Waals surface area (Å²) >= 11 is 0. The fraction of sp³-hybridized carbons (Fsp3) is 0.0769. The van der Waals surface area contributed by atoms with Crippen LogP contribution in [0.25, 0.3) is 0 Å². The lowest BCUT2D eigenvalue weighted by Gasteiger charge is -1.99. The third-order valence-corrected chi connectivity index (χ3v) is 1.52. The molecule has 0 heterocycles. The van der Waals surface area contributed by atoms with Gasteiger partial charge in [-0.05, 0) is 17.6 Å².